The van der Waals surface area contributed by atoms with Gasteiger partial charge in [0.1, 0.15) is 16.5 Å². The molecule has 2 N–H and O–H groups in total. The van der Waals surface area contributed by atoms with Gasteiger partial charge in [0.25, 0.3) is 10.0 Å². The van der Waals surface area contributed by atoms with E-state index in [1.54, 1.807) is 13.0 Å². The minimum atomic E-state index is -4.16. The van der Waals surface area contributed by atoms with Gasteiger partial charge in [-0.05, 0) is 25.5 Å². The number of carbonyl (C=O) groups is 1. The largest absolute Gasteiger partial charge is 0.492 e. The number of hydrogen-bond acceptors (Lipinski definition) is 8. The van der Waals surface area contributed by atoms with Crippen molar-refractivity contribution in [2.45, 2.75) is 25.2 Å². The van der Waals surface area contributed by atoms with E-state index in [9.17, 15) is 13.2 Å². The highest BCUT2D eigenvalue weighted by molar-refractivity contribution is 7.90. The van der Waals surface area contributed by atoms with Gasteiger partial charge in [-0.3, -0.25) is 5.32 Å². The fourth-order valence-electron chi connectivity index (χ4n) is 1.91. The topological polar surface area (TPSA) is 132 Å². The number of sulfonamides is 1. The second-order valence-electron chi connectivity index (χ2n) is 5.05. The number of urea groups is 1. The van der Waals surface area contributed by atoms with Crippen molar-refractivity contribution >= 4 is 22.0 Å². The number of rotatable bonds is 7. The maximum absolute atomic E-state index is 12.5. The zero-order chi connectivity index (χ0) is 19.2. The predicted octanol–water partition coefficient (Wildman–Crippen LogP) is 1.49. The van der Waals surface area contributed by atoms with E-state index in [2.05, 4.69) is 20.3 Å². The van der Waals surface area contributed by atoms with Gasteiger partial charge in [0.2, 0.25) is 5.95 Å². The molecule has 0 unspecified atom stereocenters. The van der Waals surface area contributed by atoms with Crippen LogP contribution in [0, 0.1) is 6.92 Å². The monoisotopic (exact) mass is 381 g/mol. The summed E-state index contributed by atoms with van der Waals surface area (Å²) < 4.78 is 37.1. The average molecular weight is 381 g/mol. The minimum absolute atomic E-state index is 0.00558. The maximum atomic E-state index is 12.5. The van der Waals surface area contributed by atoms with E-state index in [1.807, 2.05) is 11.6 Å². The zero-order valence-electron chi connectivity index (χ0n) is 14.5. The van der Waals surface area contributed by atoms with Crippen LogP contribution < -0.4 is 19.5 Å². The molecular weight excluding hydrogens is 362 g/mol. The normalized spacial score (nSPS) is 10.9. The van der Waals surface area contributed by atoms with Gasteiger partial charge < -0.3 is 9.47 Å². The van der Waals surface area contributed by atoms with Crippen molar-refractivity contribution in [3.8, 4) is 11.8 Å². The lowest BCUT2D eigenvalue weighted by Crippen LogP contribution is -2.35. The van der Waals surface area contributed by atoms with E-state index in [4.69, 9.17) is 9.47 Å². The molecule has 2 rings (SSSR count). The number of anilines is 1. The summed E-state index contributed by atoms with van der Waals surface area (Å²) in [5.74, 6) is 0.318. The number of hydrogen-bond donors (Lipinski definition) is 2. The van der Waals surface area contributed by atoms with Crippen molar-refractivity contribution < 1.29 is 22.7 Å². The Morgan fingerprint density at radius 3 is 2.62 bits per heavy atom. The number of nitrogens with one attached hydrogen (secondary N) is 2. The number of aromatic nitrogens is 3. The first-order chi connectivity index (χ1) is 12.4. The summed E-state index contributed by atoms with van der Waals surface area (Å²) in [6.07, 6.45) is 0.711. The molecule has 0 radical (unpaired) electrons. The highest BCUT2D eigenvalue weighted by atomic mass is 32.2. The lowest BCUT2D eigenvalue weighted by atomic mass is 10.3. The Morgan fingerprint density at radius 1 is 1.19 bits per heavy atom. The Morgan fingerprint density at radius 2 is 1.92 bits per heavy atom. The molecule has 0 spiro atoms. The Labute approximate surface area is 151 Å². The molecule has 1 aromatic carbocycles. The van der Waals surface area contributed by atoms with Gasteiger partial charge in [0.05, 0.1) is 13.7 Å². The summed E-state index contributed by atoms with van der Waals surface area (Å²) in [5, 5.41) is 2.23. The standard InChI is InChI=1S/C15H19N5O5S/c1-4-9-25-11-7-5-6-8-12(11)26(22,23)20-14(21)18-13-16-10(2)17-15(19-13)24-3/h5-8H,4,9H2,1-3H3,(H2,16,17,18,19,20,21). The van der Waals surface area contributed by atoms with Crippen LogP contribution in [0.25, 0.3) is 0 Å². The molecule has 0 aliphatic carbocycles. The molecule has 140 valence electrons. The van der Waals surface area contributed by atoms with E-state index < -0.39 is 16.1 Å². The number of para-hydroxylation sites is 1. The summed E-state index contributed by atoms with van der Waals surface area (Å²) >= 11 is 0. The molecule has 1 heterocycles. The molecule has 0 saturated heterocycles. The van der Waals surface area contributed by atoms with Gasteiger partial charge >= 0.3 is 12.0 Å². The van der Waals surface area contributed by atoms with Crippen LogP contribution >= 0.6 is 0 Å². The maximum Gasteiger partial charge on any atom is 0.335 e. The van der Waals surface area contributed by atoms with Gasteiger partial charge in [-0.25, -0.2) is 17.9 Å². The van der Waals surface area contributed by atoms with Gasteiger partial charge in [0, 0.05) is 0 Å². The molecule has 0 fully saturated rings. The lowest BCUT2D eigenvalue weighted by molar-refractivity contribution is 0.256. The summed E-state index contributed by atoms with van der Waals surface area (Å²) in [6, 6.07) is 5.01. The van der Waals surface area contributed by atoms with Crippen LogP contribution in [-0.4, -0.2) is 43.1 Å². The number of nitrogens with zero attached hydrogens (tertiary/aromatic N) is 3. The van der Waals surface area contributed by atoms with Crippen LogP contribution in [0.1, 0.15) is 19.2 Å². The summed E-state index contributed by atoms with van der Waals surface area (Å²) in [4.78, 5) is 23.5. The molecule has 1 aromatic heterocycles. The average Bonchev–Trinajstić information content (AvgIpc) is 2.59. The molecule has 10 nitrogen and oxygen atoms in total. The number of ether oxygens (including phenoxy) is 2. The number of methoxy groups -OCH3 is 1. The van der Waals surface area contributed by atoms with Gasteiger partial charge in [0.15, 0.2) is 0 Å². The number of carbonyl (C=O) groups excluding carboxylic acids is 1. The molecule has 0 atom stereocenters. The number of aryl methyl sites for hydroxylation is 1. The van der Waals surface area contributed by atoms with Crippen molar-refractivity contribution in [3.05, 3.63) is 30.1 Å². The molecule has 2 amide bonds. The Bertz CT molecular complexity index is 888. The van der Waals surface area contributed by atoms with Crippen LogP contribution in [0.3, 0.4) is 0 Å². The molecule has 26 heavy (non-hydrogen) atoms. The fraction of sp³-hybridized carbons (Fsp3) is 0.333. The Kier molecular flexibility index (Phi) is 6.28. The summed E-state index contributed by atoms with van der Waals surface area (Å²) in [5.41, 5.74) is 0. The van der Waals surface area contributed by atoms with E-state index >= 15 is 0 Å². The Hall–Kier alpha value is -2.95. The Balaban J connectivity index is 2.17. The first-order valence-electron chi connectivity index (χ1n) is 7.68. The van der Waals surface area contributed by atoms with Gasteiger partial charge in [-0.1, -0.05) is 19.1 Å². The predicted molar refractivity (Wildman–Crippen MR) is 92.7 cm³/mol. The molecule has 0 saturated carbocycles. The third-order valence-electron chi connectivity index (χ3n) is 2.96. The highest BCUT2D eigenvalue weighted by Gasteiger charge is 2.22. The van der Waals surface area contributed by atoms with Crippen molar-refractivity contribution in [2.75, 3.05) is 19.0 Å². The SMILES string of the molecule is CCCOc1ccccc1S(=O)(=O)NC(=O)Nc1nc(C)nc(OC)n1. The second kappa shape index (κ2) is 8.43. The smallest absolute Gasteiger partial charge is 0.335 e. The quantitative estimate of drug-likeness (QED) is 0.737. The molecule has 0 bridgehead atoms. The van der Waals surface area contributed by atoms with Crippen LogP contribution in [0.5, 0.6) is 11.8 Å². The lowest BCUT2D eigenvalue weighted by Gasteiger charge is -2.12. The fourth-order valence-corrected chi connectivity index (χ4v) is 2.97. The molecule has 0 aliphatic rings. The first-order valence-corrected chi connectivity index (χ1v) is 9.16. The third-order valence-corrected chi connectivity index (χ3v) is 4.33. The second-order valence-corrected chi connectivity index (χ2v) is 6.70. The zero-order valence-corrected chi connectivity index (χ0v) is 15.3. The number of amides is 2. The molecule has 11 heteroatoms. The summed E-state index contributed by atoms with van der Waals surface area (Å²) in [6.45, 7) is 3.82. The molecular formula is C15H19N5O5S. The molecule has 2 aromatic rings. The van der Waals surface area contributed by atoms with E-state index in [0.29, 0.717) is 18.9 Å². The van der Waals surface area contributed by atoms with Gasteiger partial charge in [-0.15, -0.1) is 0 Å². The minimum Gasteiger partial charge on any atom is -0.492 e. The van der Waals surface area contributed by atoms with Gasteiger partial charge in [-0.2, -0.15) is 15.0 Å². The van der Waals surface area contributed by atoms with Crippen LogP contribution in [0.4, 0.5) is 10.7 Å². The van der Waals surface area contributed by atoms with E-state index in [0.717, 1.165) is 0 Å². The van der Waals surface area contributed by atoms with Crippen LogP contribution in [0.15, 0.2) is 29.2 Å². The number of benzene rings is 1. The van der Waals surface area contributed by atoms with Crippen molar-refractivity contribution in [1.82, 2.24) is 19.7 Å². The van der Waals surface area contributed by atoms with Crippen molar-refractivity contribution in [3.63, 3.8) is 0 Å². The third kappa shape index (κ3) is 5.02. The van der Waals surface area contributed by atoms with E-state index in [1.165, 1.54) is 25.3 Å². The van der Waals surface area contributed by atoms with Crippen LogP contribution in [-0.2, 0) is 10.0 Å². The first kappa shape index (κ1) is 19.4. The highest BCUT2D eigenvalue weighted by Crippen LogP contribution is 2.23. The van der Waals surface area contributed by atoms with Crippen LogP contribution in [0.2, 0.25) is 0 Å². The van der Waals surface area contributed by atoms with Crippen molar-refractivity contribution in [1.29, 1.82) is 0 Å². The summed E-state index contributed by atoms with van der Waals surface area (Å²) in [7, 11) is -2.80. The molecule has 0 aliphatic heterocycles. The van der Waals surface area contributed by atoms with Crippen molar-refractivity contribution in [2.24, 2.45) is 0 Å². The van der Waals surface area contributed by atoms with E-state index in [-0.39, 0.29) is 22.6 Å².